The van der Waals surface area contributed by atoms with Crippen molar-refractivity contribution >= 4 is 17.6 Å². The van der Waals surface area contributed by atoms with Crippen LogP contribution in [-0.4, -0.2) is 41.6 Å². The molecule has 20 heavy (non-hydrogen) atoms. The van der Waals surface area contributed by atoms with Crippen molar-refractivity contribution in [2.45, 2.75) is 18.9 Å². The fourth-order valence-corrected chi connectivity index (χ4v) is 4.36. The highest BCUT2D eigenvalue weighted by atomic mass is 35.5. The minimum atomic E-state index is -0.262. The summed E-state index contributed by atoms with van der Waals surface area (Å²) in [6.07, 6.45) is 4.00. The van der Waals surface area contributed by atoms with Crippen molar-refractivity contribution in [3.05, 3.63) is 29.0 Å². The average molecular weight is 293 g/mol. The van der Waals surface area contributed by atoms with Crippen molar-refractivity contribution in [1.29, 1.82) is 0 Å². The SMILES string of the molecule is O=C(OC1[C@@H]2CC3C[C@H]1CN(C3)C2)c1ccc(Cl)nc1. The Morgan fingerprint density at radius 3 is 2.60 bits per heavy atom. The van der Waals surface area contributed by atoms with Crippen molar-refractivity contribution in [1.82, 2.24) is 9.88 Å². The maximum atomic E-state index is 12.2. The monoisotopic (exact) mass is 292 g/mol. The molecule has 5 atom stereocenters. The highest BCUT2D eigenvalue weighted by molar-refractivity contribution is 6.29. The maximum Gasteiger partial charge on any atom is 0.339 e. The zero-order chi connectivity index (χ0) is 13.7. The molecule has 3 unspecified atom stereocenters. The Morgan fingerprint density at radius 2 is 2.00 bits per heavy atom. The van der Waals surface area contributed by atoms with Crippen molar-refractivity contribution < 1.29 is 9.53 Å². The van der Waals surface area contributed by atoms with Gasteiger partial charge in [-0.1, -0.05) is 11.6 Å². The van der Waals surface area contributed by atoms with Crippen LogP contribution in [0.15, 0.2) is 18.3 Å². The van der Waals surface area contributed by atoms with Crippen LogP contribution in [0.5, 0.6) is 0 Å². The number of rotatable bonds is 2. The first-order chi connectivity index (χ1) is 9.69. The number of carbonyl (C=O) groups excluding carboxylic acids is 1. The number of hydrogen-bond acceptors (Lipinski definition) is 4. The first-order valence-corrected chi connectivity index (χ1v) is 7.62. The molecule has 1 saturated carbocycles. The molecule has 4 bridgehead atoms. The molecule has 106 valence electrons. The number of nitrogens with zero attached hydrogens (tertiary/aromatic N) is 2. The van der Waals surface area contributed by atoms with E-state index in [1.54, 1.807) is 12.1 Å². The summed E-state index contributed by atoms with van der Waals surface area (Å²) in [5.41, 5.74) is 0.489. The molecule has 0 aromatic carbocycles. The minimum Gasteiger partial charge on any atom is -0.458 e. The van der Waals surface area contributed by atoms with Crippen LogP contribution in [0.3, 0.4) is 0 Å². The van der Waals surface area contributed by atoms with Crippen LogP contribution in [0.2, 0.25) is 5.15 Å². The summed E-state index contributed by atoms with van der Waals surface area (Å²) < 4.78 is 5.80. The Kier molecular flexibility index (Phi) is 2.97. The molecule has 4 aliphatic rings. The Hall–Kier alpha value is -1.13. The van der Waals surface area contributed by atoms with Crippen LogP contribution in [0, 0.1) is 17.8 Å². The molecule has 1 aromatic rings. The third-order valence-electron chi connectivity index (χ3n) is 4.91. The Bertz CT molecular complexity index is 503. The summed E-state index contributed by atoms with van der Waals surface area (Å²) in [7, 11) is 0. The number of esters is 1. The molecular weight excluding hydrogens is 276 g/mol. The number of piperidine rings is 3. The minimum absolute atomic E-state index is 0.0889. The van der Waals surface area contributed by atoms with Gasteiger partial charge in [-0.15, -0.1) is 0 Å². The van der Waals surface area contributed by atoms with Crippen LogP contribution in [0.1, 0.15) is 23.2 Å². The molecule has 0 N–H and O–H groups in total. The van der Waals surface area contributed by atoms with Gasteiger partial charge in [0.1, 0.15) is 11.3 Å². The van der Waals surface area contributed by atoms with Gasteiger partial charge in [0.25, 0.3) is 0 Å². The van der Waals surface area contributed by atoms with Gasteiger partial charge in [-0.3, -0.25) is 0 Å². The summed E-state index contributed by atoms with van der Waals surface area (Å²) in [5.74, 6) is 1.59. The fraction of sp³-hybridized carbons (Fsp3) is 0.600. The van der Waals surface area contributed by atoms with Gasteiger partial charge in [0.2, 0.25) is 0 Å². The van der Waals surface area contributed by atoms with Gasteiger partial charge >= 0.3 is 5.97 Å². The average Bonchev–Trinajstić information content (AvgIpc) is 2.42. The molecule has 3 saturated heterocycles. The van der Waals surface area contributed by atoms with Crippen molar-refractivity contribution in [3.63, 3.8) is 0 Å². The normalized spacial score (nSPS) is 38.0. The lowest BCUT2D eigenvalue weighted by molar-refractivity contribution is -0.116. The zero-order valence-corrected chi connectivity index (χ0v) is 11.9. The molecule has 0 amide bonds. The van der Waals surface area contributed by atoms with Crippen molar-refractivity contribution in [2.24, 2.45) is 17.8 Å². The smallest absolute Gasteiger partial charge is 0.339 e. The first kappa shape index (κ1) is 12.6. The summed E-state index contributed by atoms with van der Waals surface area (Å²) in [4.78, 5) is 18.7. The van der Waals surface area contributed by atoms with Gasteiger partial charge in [-0.25, -0.2) is 9.78 Å². The second kappa shape index (κ2) is 4.71. The lowest BCUT2D eigenvalue weighted by Gasteiger charge is -2.55. The molecule has 0 radical (unpaired) electrons. The van der Waals surface area contributed by atoms with Crippen LogP contribution in [0.25, 0.3) is 0 Å². The Balaban J connectivity index is 1.49. The summed E-state index contributed by atoms with van der Waals surface area (Å²) >= 11 is 5.74. The lowest BCUT2D eigenvalue weighted by Crippen LogP contribution is -2.60. The van der Waals surface area contributed by atoms with Crippen LogP contribution in [0.4, 0.5) is 0 Å². The number of ether oxygens (including phenoxy) is 1. The summed E-state index contributed by atoms with van der Waals surface area (Å²) in [5, 5.41) is 0.393. The van der Waals surface area contributed by atoms with Crippen LogP contribution >= 0.6 is 11.6 Å². The van der Waals surface area contributed by atoms with E-state index in [1.165, 1.54) is 25.6 Å². The quantitative estimate of drug-likeness (QED) is 0.619. The Labute approximate surface area is 123 Å². The third-order valence-corrected chi connectivity index (χ3v) is 5.13. The fourth-order valence-electron chi connectivity index (χ4n) is 4.24. The van der Waals surface area contributed by atoms with E-state index in [9.17, 15) is 4.79 Å². The Morgan fingerprint density at radius 1 is 1.25 bits per heavy atom. The molecule has 4 heterocycles. The highest BCUT2D eigenvalue weighted by Crippen LogP contribution is 2.44. The van der Waals surface area contributed by atoms with E-state index >= 15 is 0 Å². The standard InChI is InChI=1S/C15H17ClN2O2/c16-13-2-1-10(5-17-13)15(19)20-14-11-3-9-4-12(14)8-18(6-9)7-11/h1-2,5,9,11-12,14H,3-4,6-8H2/t9?,11-,12+,14?. The van der Waals surface area contributed by atoms with Crippen molar-refractivity contribution in [3.8, 4) is 0 Å². The summed E-state index contributed by atoms with van der Waals surface area (Å²) in [6.45, 7) is 3.42. The van der Waals surface area contributed by atoms with Gasteiger partial charge in [-0.2, -0.15) is 0 Å². The molecule has 1 aromatic heterocycles. The number of pyridine rings is 1. The number of halogens is 1. The topological polar surface area (TPSA) is 42.4 Å². The van der Waals surface area contributed by atoms with E-state index in [4.69, 9.17) is 16.3 Å². The van der Waals surface area contributed by atoms with E-state index < -0.39 is 0 Å². The predicted molar refractivity (Wildman–Crippen MR) is 74.6 cm³/mol. The van der Waals surface area contributed by atoms with E-state index in [2.05, 4.69) is 9.88 Å². The largest absolute Gasteiger partial charge is 0.458 e. The van der Waals surface area contributed by atoms with Gasteiger partial charge < -0.3 is 9.64 Å². The van der Waals surface area contributed by atoms with Crippen LogP contribution in [-0.2, 0) is 4.74 Å². The van der Waals surface area contributed by atoms with E-state index in [1.807, 2.05) is 0 Å². The molecule has 0 spiro atoms. The van der Waals surface area contributed by atoms with E-state index in [0.29, 0.717) is 22.6 Å². The van der Waals surface area contributed by atoms with E-state index in [-0.39, 0.29) is 12.1 Å². The van der Waals surface area contributed by atoms with Gasteiger partial charge in [-0.05, 0) is 30.9 Å². The highest BCUT2D eigenvalue weighted by Gasteiger charge is 2.49. The predicted octanol–water partition coefficient (Wildman–Crippen LogP) is 2.23. The number of hydrogen-bond donors (Lipinski definition) is 0. The third kappa shape index (κ3) is 2.11. The van der Waals surface area contributed by atoms with Crippen LogP contribution < -0.4 is 0 Å². The molecule has 4 fully saturated rings. The van der Waals surface area contributed by atoms with Crippen molar-refractivity contribution in [2.75, 3.05) is 19.6 Å². The van der Waals surface area contributed by atoms with Gasteiger partial charge in [0.15, 0.2) is 0 Å². The zero-order valence-electron chi connectivity index (χ0n) is 11.2. The van der Waals surface area contributed by atoms with Gasteiger partial charge in [0, 0.05) is 37.7 Å². The first-order valence-electron chi connectivity index (χ1n) is 7.24. The maximum absolute atomic E-state index is 12.2. The number of aromatic nitrogens is 1. The second-order valence-corrected chi connectivity index (χ2v) is 6.70. The second-order valence-electron chi connectivity index (χ2n) is 6.32. The number of carbonyl (C=O) groups is 1. The summed E-state index contributed by atoms with van der Waals surface area (Å²) in [6, 6.07) is 3.30. The molecular formula is C15H17ClN2O2. The molecule has 4 nitrogen and oxygen atoms in total. The lowest BCUT2D eigenvalue weighted by atomic mass is 9.66. The molecule has 5 rings (SSSR count). The molecule has 1 aliphatic carbocycles. The van der Waals surface area contributed by atoms with E-state index in [0.717, 1.165) is 19.0 Å². The molecule has 5 heteroatoms. The molecule has 3 aliphatic heterocycles. The van der Waals surface area contributed by atoms with Gasteiger partial charge in [0.05, 0.1) is 5.56 Å².